The Hall–Kier alpha value is -3.03. The summed E-state index contributed by atoms with van der Waals surface area (Å²) in [5, 5.41) is 16.6. The Morgan fingerprint density at radius 3 is 2.82 bits per heavy atom. The van der Waals surface area contributed by atoms with Crippen molar-refractivity contribution in [3.63, 3.8) is 0 Å². The molecule has 114 valence electrons. The van der Waals surface area contributed by atoms with E-state index in [0.717, 1.165) is 0 Å². The minimum atomic E-state index is -0.473. The van der Waals surface area contributed by atoms with Crippen LogP contribution in [0.25, 0.3) is 0 Å². The molecule has 0 aromatic carbocycles. The van der Waals surface area contributed by atoms with Crippen LogP contribution in [0.15, 0.2) is 36.8 Å². The predicted molar refractivity (Wildman–Crippen MR) is 80.7 cm³/mol. The van der Waals surface area contributed by atoms with E-state index in [1.807, 2.05) is 0 Å². The number of hydrogen-bond acceptors (Lipinski definition) is 6. The van der Waals surface area contributed by atoms with Crippen LogP contribution in [0.4, 0.5) is 11.5 Å². The Bertz CT molecular complexity index is 675. The molecule has 2 heterocycles. The number of pyridine rings is 2. The number of nitrogens with zero attached hydrogens (tertiary/aromatic N) is 3. The molecular formula is C14H15N5O3. The van der Waals surface area contributed by atoms with Crippen LogP contribution >= 0.6 is 0 Å². The minimum Gasteiger partial charge on any atom is -0.363 e. The molecular weight excluding hydrogens is 286 g/mol. The van der Waals surface area contributed by atoms with Gasteiger partial charge in [-0.15, -0.1) is 0 Å². The van der Waals surface area contributed by atoms with Crippen LogP contribution in [-0.4, -0.2) is 33.9 Å². The fraction of sp³-hybridized carbons (Fsp3) is 0.214. The largest absolute Gasteiger partial charge is 0.363 e. The molecule has 0 saturated carbocycles. The molecule has 0 atom stereocenters. The summed E-state index contributed by atoms with van der Waals surface area (Å²) in [6, 6.07) is 4.91. The van der Waals surface area contributed by atoms with Crippen molar-refractivity contribution in [3.8, 4) is 0 Å². The van der Waals surface area contributed by atoms with Crippen molar-refractivity contribution in [1.82, 2.24) is 15.3 Å². The molecule has 0 aliphatic rings. The van der Waals surface area contributed by atoms with E-state index in [-0.39, 0.29) is 17.4 Å². The standard InChI is InChI=1S/C14H15N5O3/c1-10-4-6-16-13(12(10)19(21)22)17-7-8-18-14(20)11-3-2-5-15-9-11/h2-6,9H,7-8H2,1H3,(H,16,17)(H,18,20). The zero-order valence-corrected chi connectivity index (χ0v) is 11.9. The highest BCUT2D eigenvalue weighted by Crippen LogP contribution is 2.24. The molecule has 0 spiro atoms. The number of carbonyl (C=O) groups is 1. The van der Waals surface area contributed by atoms with Crippen LogP contribution in [0.2, 0.25) is 0 Å². The van der Waals surface area contributed by atoms with E-state index >= 15 is 0 Å². The number of hydrogen-bond donors (Lipinski definition) is 2. The summed E-state index contributed by atoms with van der Waals surface area (Å²) in [4.78, 5) is 30.1. The molecule has 0 fully saturated rings. The van der Waals surface area contributed by atoms with Crippen LogP contribution in [0.1, 0.15) is 15.9 Å². The van der Waals surface area contributed by atoms with Gasteiger partial charge in [-0.25, -0.2) is 4.98 Å². The zero-order chi connectivity index (χ0) is 15.9. The van der Waals surface area contributed by atoms with Crippen molar-refractivity contribution in [3.05, 3.63) is 58.0 Å². The molecule has 0 unspecified atom stereocenters. The van der Waals surface area contributed by atoms with Gasteiger partial charge < -0.3 is 10.6 Å². The van der Waals surface area contributed by atoms with Crippen LogP contribution in [0.5, 0.6) is 0 Å². The van der Waals surface area contributed by atoms with Crippen molar-refractivity contribution in [2.24, 2.45) is 0 Å². The third-order valence-corrected chi connectivity index (χ3v) is 2.94. The SMILES string of the molecule is Cc1ccnc(NCCNC(=O)c2cccnc2)c1[N+](=O)[O-]. The Morgan fingerprint density at radius 1 is 1.32 bits per heavy atom. The maximum absolute atomic E-state index is 11.8. The van der Waals surface area contributed by atoms with E-state index < -0.39 is 4.92 Å². The van der Waals surface area contributed by atoms with Gasteiger partial charge in [0.1, 0.15) is 0 Å². The van der Waals surface area contributed by atoms with Crippen molar-refractivity contribution in [2.75, 3.05) is 18.4 Å². The van der Waals surface area contributed by atoms with Gasteiger partial charge in [-0.05, 0) is 25.1 Å². The van der Waals surface area contributed by atoms with E-state index in [1.165, 1.54) is 12.4 Å². The molecule has 22 heavy (non-hydrogen) atoms. The lowest BCUT2D eigenvalue weighted by molar-refractivity contribution is -0.384. The molecule has 2 aromatic rings. The molecule has 0 bridgehead atoms. The second-order valence-corrected chi connectivity index (χ2v) is 4.51. The summed E-state index contributed by atoms with van der Waals surface area (Å²) >= 11 is 0. The average molecular weight is 301 g/mol. The normalized spacial score (nSPS) is 10.0. The summed E-state index contributed by atoms with van der Waals surface area (Å²) in [5.41, 5.74) is 0.935. The van der Waals surface area contributed by atoms with E-state index in [2.05, 4.69) is 20.6 Å². The number of anilines is 1. The van der Waals surface area contributed by atoms with E-state index in [1.54, 1.807) is 31.3 Å². The summed E-state index contributed by atoms with van der Waals surface area (Å²) in [6.07, 6.45) is 4.55. The van der Waals surface area contributed by atoms with Gasteiger partial charge >= 0.3 is 5.69 Å². The van der Waals surface area contributed by atoms with Gasteiger partial charge in [-0.1, -0.05) is 0 Å². The number of rotatable bonds is 6. The second-order valence-electron chi connectivity index (χ2n) is 4.51. The first-order valence-corrected chi connectivity index (χ1v) is 6.61. The van der Waals surface area contributed by atoms with Crippen molar-refractivity contribution < 1.29 is 9.72 Å². The lowest BCUT2D eigenvalue weighted by Gasteiger charge is -2.08. The Balaban J connectivity index is 1.89. The van der Waals surface area contributed by atoms with Gasteiger partial charge in [0, 0.05) is 37.2 Å². The first kappa shape index (κ1) is 15.4. The van der Waals surface area contributed by atoms with Crippen LogP contribution in [0, 0.1) is 17.0 Å². The number of aromatic nitrogens is 2. The monoisotopic (exact) mass is 301 g/mol. The lowest BCUT2D eigenvalue weighted by atomic mass is 10.2. The summed E-state index contributed by atoms with van der Waals surface area (Å²) in [6.45, 7) is 2.28. The fourth-order valence-corrected chi connectivity index (χ4v) is 1.87. The molecule has 0 aliphatic heterocycles. The van der Waals surface area contributed by atoms with Gasteiger partial charge in [0.15, 0.2) is 0 Å². The van der Waals surface area contributed by atoms with E-state index in [0.29, 0.717) is 24.2 Å². The molecule has 0 radical (unpaired) electrons. The summed E-state index contributed by atoms with van der Waals surface area (Å²) in [5.74, 6) is -0.0535. The number of nitro groups is 1. The highest BCUT2D eigenvalue weighted by molar-refractivity contribution is 5.93. The van der Waals surface area contributed by atoms with Gasteiger partial charge in [0.05, 0.1) is 10.5 Å². The second kappa shape index (κ2) is 7.11. The zero-order valence-electron chi connectivity index (χ0n) is 11.9. The maximum atomic E-state index is 11.8. The third kappa shape index (κ3) is 3.75. The van der Waals surface area contributed by atoms with Crippen molar-refractivity contribution in [2.45, 2.75) is 6.92 Å². The van der Waals surface area contributed by atoms with E-state index in [9.17, 15) is 14.9 Å². The molecule has 0 aliphatic carbocycles. The Kier molecular flexibility index (Phi) is 4.97. The molecule has 2 N–H and O–H groups in total. The Labute approximate surface area is 126 Å². The number of nitrogens with one attached hydrogen (secondary N) is 2. The average Bonchev–Trinajstić information content (AvgIpc) is 2.52. The van der Waals surface area contributed by atoms with Gasteiger partial charge in [-0.3, -0.25) is 19.9 Å². The topological polar surface area (TPSA) is 110 Å². The molecule has 2 rings (SSSR count). The molecule has 0 saturated heterocycles. The van der Waals surface area contributed by atoms with E-state index in [4.69, 9.17) is 0 Å². The van der Waals surface area contributed by atoms with Crippen LogP contribution in [-0.2, 0) is 0 Å². The fourth-order valence-electron chi connectivity index (χ4n) is 1.87. The number of aryl methyl sites for hydroxylation is 1. The molecule has 8 heteroatoms. The Morgan fingerprint density at radius 2 is 2.14 bits per heavy atom. The number of carbonyl (C=O) groups excluding carboxylic acids is 1. The van der Waals surface area contributed by atoms with Gasteiger partial charge in [0.2, 0.25) is 5.82 Å². The van der Waals surface area contributed by atoms with Crippen LogP contribution in [0.3, 0.4) is 0 Å². The van der Waals surface area contributed by atoms with Gasteiger partial charge in [0.25, 0.3) is 5.91 Å². The first-order chi connectivity index (χ1) is 10.6. The molecule has 1 amide bonds. The smallest absolute Gasteiger partial charge is 0.314 e. The maximum Gasteiger partial charge on any atom is 0.314 e. The van der Waals surface area contributed by atoms with Crippen molar-refractivity contribution in [1.29, 1.82) is 0 Å². The number of amides is 1. The predicted octanol–water partition coefficient (Wildman–Crippen LogP) is 1.54. The summed E-state index contributed by atoms with van der Waals surface area (Å²) < 4.78 is 0. The summed E-state index contributed by atoms with van der Waals surface area (Å²) in [7, 11) is 0. The highest BCUT2D eigenvalue weighted by Gasteiger charge is 2.17. The molecule has 2 aromatic heterocycles. The lowest BCUT2D eigenvalue weighted by Crippen LogP contribution is -2.29. The first-order valence-electron chi connectivity index (χ1n) is 6.61. The molecule has 8 nitrogen and oxygen atoms in total. The highest BCUT2D eigenvalue weighted by atomic mass is 16.6. The van der Waals surface area contributed by atoms with Crippen LogP contribution < -0.4 is 10.6 Å². The quantitative estimate of drug-likeness (QED) is 0.475. The van der Waals surface area contributed by atoms with Gasteiger partial charge in [-0.2, -0.15) is 0 Å². The minimum absolute atomic E-state index is 0.0546. The third-order valence-electron chi connectivity index (χ3n) is 2.94. The van der Waals surface area contributed by atoms with Crippen molar-refractivity contribution >= 4 is 17.4 Å².